The normalized spacial score (nSPS) is 11.3. The summed E-state index contributed by atoms with van der Waals surface area (Å²) in [6.07, 6.45) is 1.76. The number of amides is 2. The van der Waals surface area contributed by atoms with E-state index >= 15 is 0 Å². The summed E-state index contributed by atoms with van der Waals surface area (Å²) in [7, 11) is 1.69. The first-order chi connectivity index (χ1) is 19.8. The molecule has 0 aliphatic carbocycles. The number of hydrogen-bond acceptors (Lipinski definition) is 10. The standard InChI is InChI=1S/C24H27N7O6.CH4N2O.H2O/c1-4-8-30-22-20(23(33)31(9-5-2)24(30)34)26-21(27-22)15-11-19(28-29(15)3)35-12-18(32)25-14-6-7-16-17(10-14)37-13-36-16;2-3-1-4;/h6-7,10-11H,4-5,8-9,12-13H2,1-3H3,(H,25,32)(H,26,27);1H,2H2,(H,3,4);1H2. The van der Waals surface area contributed by atoms with Gasteiger partial charge in [0.1, 0.15) is 11.2 Å². The number of aryl methyl sites for hydroxylation is 2. The summed E-state index contributed by atoms with van der Waals surface area (Å²) in [5.41, 5.74) is 2.59. The molecular formula is C25H33N9O8. The van der Waals surface area contributed by atoms with Crippen molar-refractivity contribution in [2.75, 3.05) is 18.7 Å². The van der Waals surface area contributed by atoms with Gasteiger partial charge in [-0.1, -0.05) is 13.8 Å². The van der Waals surface area contributed by atoms with Crippen molar-refractivity contribution in [2.45, 2.75) is 39.8 Å². The van der Waals surface area contributed by atoms with Crippen molar-refractivity contribution >= 4 is 29.2 Å². The number of rotatable bonds is 10. The average Bonchev–Trinajstić information content (AvgIpc) is 3.70. The molecule has 3 aromatic heterocycles. The molecule has 1 aliphatic rings. The Bertz CT molecular complexity index is 1670. The number of ether oxygens (including phenoxy) is 3. The van der Waals surface area contributed by atoms with E-state index in [2.05, 4.69) is 26.2 Å². The second-order valence-corrected chi connectivity index (χ2v) is 8.86. The lowest BCUT2D eigenvalue weighted by Gasteiger charge is -2.09. The monoisotopic (exact) mass is 587 g/mol. The van der Waals surface area contributed by atoms with Gasteiger partial charge in [0.15, 0.2) is 29.6 Å². The molecule has 0 saturated carbocycles. The predicted octanol–water partition coefficient (Wildman–Crippen LogP) is -0.366. The molecule has 4 heterocycles. The van der Waals surface area contributed by atoms with Crippen molar-refractivity contribution < 1.29 is 29.3 Å². The Hall–Kier alpha value is -5.16. The van der Waals surface area contributed by atoms with Crippen molar-refractivity contribution in [1.29, 1.82) is 0 Å². The van der Waals surface area contributed by atoms with Crippen LogP contribution < -0.4 is 42.0 Å². The van der Waals surface area contributed by atoms with E-state index in [1.165, 1.54) is 13.8 Å². The Morgan fingerprint density at radius 3 is 2.52 bits per heavy atom. The molecule has 1 aliphatic heterocycles. The Kier molecular flexibility index (Phi) is 10.4. The molecular weight excluding hydrogens is 554 g/mol. The van der Waals surface area contributed by atoms with Crippen LogP contribution >= 0.6 is 0 Å². The van der Waals surface area contributed by atoms with Crippen molar-refractivity contribution in [3.63, 3.8) is 0 Å². The number of carbonyl (C=O) groups excluding carboxylic acids is 2. The molecule has 4 aromatic rings. The molecule has 0 radical (unpaired) electrons. The van der Waals surface area contributed by atoms with Gasteiger partial charge in [-0.05, 0) is 25.0 Å². The highest BCUT2D eigenvalue weighted by atomic mass is 16.7. The Balaban J connectivity index is 0.000000911. The average molecular weight is 588 g/mol. The van der Waals surface area contributed by atoms with Crippen LogP contribution in [0.1, 0.15) is 26.7 Å². The fraction of sp³-hybridized carbons (Fsp3) is 0.360. The van der Waals surface area contributed by atoms with Crippen molar-refractivity contribution in [3.05, 3.63) is 45.1 Å². The lowest BCUT2D eigenvalue weighted by Crippen LogP contribution is -2.40. The molecule has 17 nitrogen and oxygen atoms in total. The first kappa shape index (κ1) is 31.4. The second-order valence-electron chi connectivity index (χ2n) is 8.86. The van der Waals surface area contributed by atoms with E-state index in [0.29, 0.717) is 66.7 Å². The number of nitrogens with two attached hydrogens (primary N) is 1. The van der Waals surface area contributed by atoms with Crippen molar-refractivity contribution in [1.82, 2.24) is 34.3 Å². The number of hydrogen-bond donors (Lipinski definition) is 4. The highest BCUT2D eigenvalue weighted by Crippen LogP contribution is 2.34. The topological polar surface area (TPSA) is 234 Å². The SMILES string of the molecule is CCCn1c(=O)c2[nH]c(-c3cc(OCC(=O)Nc4ccc5c(c4)OCO5)nn3C)nc2n(CCC)c1=O.NNC=O.O. The zero-order valence-corrected chi connectivity index (χ0v) is 23.3. The molecule has 0 unspecified atom stereocenters. The first-order valence-electron chi connectivity index (χ1n) is 12.8. The van der Waals surface area contributed by atoms with Gasteiger partial charge in [-0.15, -0.1) is 5.10 Å². The number of nitrogens with one attached hydrogen (secondary N) is 3. The van der Waals surface area contributed by atoms with E-state index in [0.717, 1.165) is 0 Å². The quantitative estimate of drug-likeness (QED) is 0.0813. The summed E-state index contributed by atoms with van der Waals surface area (Å²) in [5, 5.41) is 7.03. The third-order valence-electron chi connectivity index (χ3n) is 5.93. The fourth-order valence-corrected chi connectivity index (χ4v) is 4.18. The maximum Gasteiger partial charge on any atom is 0.332 e. The summed E-state index contributed by atoms with van der Waals surface area (Å²) in [6, 6.07) is 6.71. The maximum absolute atomic E-state index is 13.0. The van der Waals surface area contributed by atoms with Gasteiger partial charge >= 0.3 is 5.69 Å². The Morgan fingerprint density at radius 1 is 1.14 bits per heavy atom. The number of aromatic amines is 1. The summed E-state index contributed by atoms with van der Waals surface area (Å²) in [4.78, 5) is 54.8. The van der Waals surface area contributed by atoms with Crippen LogP contribution in [0.2, 0.25) is 0 Å². The van der Waals surface area contributed by atoms with Crippen molar-refractivity contribution in [3.8, 4) is 28.9 Å². The van der Waals surface area contributed by atoms with E-state index in [9.17, 15) is 14.4 Å². The van der Waals surface area contributed by atoms with Crippen LogP contribution in [0, 0.1) is 0 Å². The number of hydrazine groups is 1. The Morgan fingerprint density at radius 2 is 1.83 bits per heavy atom. The predicted molar refractivity (Wildman–Crippen MR) is 151 cm³/mol. The summed E-state index contributed by atoms with van der Waals surface area (Å²) in [6.45, 7) is 4.49. The van der Waals surface area contributed by atoms with Crippen LogP contribution in [0.3, 0.4) is 0 Å². The van der Waals surface area contributed by atoms with E-state index < -0.39 is 5.56 Å². The van der Waals surface area contributed by atoms with Gasteiger partial charge in [0, 0.05) is 38.0 Å². The fourth-order valence-electron chi connectivity index (χ4n) is 4.18. The smallest absolute Gasteiger partial charge is 0.332 e. The highest BCUT2D eigenvalue weighted by Gasteiger charge is 2.20. The van der Waals surface area contributed by atoms with Crippen LogP contribution in [-0.4, -0.2) is 60.1 Å². The largest absolute Gasteiger partial charge is 0.466 e. The third-order valence-corrected chi connectivity index (χ3v) is 5.93. The molecule has 17 heteroatoms. The van der Waals surface area contributed by atoms with Gasteiger partial charge in [0.05, 0.1) is 0 Å². The van der Waals surface area contributed by atoms with E-state index in [-0.39, 0.29) is 41.9 Å². The van der Waals surface area contributed by atoms with Crippen LogP contribution in [0.15, 0.2) is 33.9 Å². The first-order valence-corrected chi connectivity index (χ1v) is 12.8. The molecule has 0 fully saturated rings. The van der Waals surface area contributed by atoms with Gasteiger partial charge in [0.2, 0.25) is 19.1 Å². The minimum absolute atomic E-state index is 0. The molecule has 0 saturated heterocycles. The van der Waals surface area contributed by atoms with E-state index in [1.807, 2.05) is 13.8 Å². The molecule has 1 aromatic carbocycles. The number of carbonyl (C=O) groups is 2. The molecule has 0 spiro atoms. The van der Waals surface area contributed by atoms with Gasteiger partial charge < -0.3 is 30.0 Å². The van der Waals surface area contributed by atoms with Crippen LogP contribution in [0.5, 0.6) is 17.4 Å². The minimum Gasteiger partial charge on any atom is -0.466 e. The zero-order valence-electron chi connectivity index (χ0n) is 23.3. The number of fused-ring (bicyclic) bond motifs is 2. The zero-order chi connectivity index (χ0) is 29.5. The molecule has 0 bridgehead atoms. The number of H-pyrrole nitrogens is 1. The van der Waals surface area contributed by atoms with Gasteiger partial charge in [-0.25, -0.2) is 15.6 Å². The number of benzene rings is 1. The second kappa shape index (κ2) is 14.0. The van der Waals surface area contributed by atoms with Crippen LogP contribution in [-0.2, 0) is 29.7 Å². The van der Waals surface area contributed by atoms with Gasteiger partial charge in [-0.3, -0.25) is 33.6 Å². The number of imidazole rings is 1. The molecule has 7 N–H and O–H groups in total. The lowest BCUT2D eigenvalue weighted by molar-refractivity contribution is -0.118. The van der Waals surface area contributed by atoms with Crippen LogP contribution in [0.4, 0.5) is 5.69 Å². The molecule has 2 amide bonds. The van der Waals surface area contributed by atoms with Gasteiger partial charge in [0.25, 0.3) is 11.5 Å². The molecule has 42 heavy (non-hydrogen) atoms. The Labute approximate surface area is 238 Å². The molecule has 226 valence electrons. The van der Waals surface area contributed by atoms with E-state index in [4.69, 9.17) is 19.0 Å². The third kappa shape index (κ3) is 6.58. The highest BCUT2D eigenvalue weighted by molar-refractivity contribution is 5.92. The summed E-state index contributed by atoms with van der Waals surface area (Å²) in [5.74, 6) is 5.78. The minimum atomic E-state index is -0.410. The summed E-state index contributed by atoms with van der Waals surface area (Å²) < 4.78 is 20.4. The number of aromatic nitrogens is 6. The summed E-state index contributed by atoms with van der Waals surface area (Å²) >= 11 is 0. The van der Waals surface area contributed by atoms with Gasteiger partial charge in [-0.2, -0.15) is 0 Å². The van der Waals surface area contributed by atoms with E-state index in [1.54, 1.807) is 36.7 Å². The van der Waals surface area contributed by atoms with Crippen LogP contribution in [0.25, 0.3) is 22.7 Å². The molecule has 5 rings (SSSR count). The molecule has 0 atom stereocenters. The maximum atomic E-state index is 13.0. The van der Waals surface area contributed by atoms with Crippen molar-refractivity contribution in [2.24, 2.45) is 12.9 Å². The number of anilines is 1. The lowest BCUT2D eigenvalue weighted by atomic mass is 10.3. The number of nitrogens with zero attached hydrogens (tertiary/aromatic N) is 5.